The minimum absolute atomic E-state index is 0.00858. The summed E-state index contributed by atoms with van der Waals surface area (Å²) in [6.45, 7) is 3.26. The lowest BCUT2D eigenvalue weighted by atomic mass is 10.0. The maximum Gasteiger partial charge on any atom is 0.254 e. The zero-order valence-corrected chi connectivity index (χ0v) is 20.4. The van der Waals surface area contributed by atoms with E-state index in [4.69, 9.17) is 0 Å². The van der Waals surface area contributed by atoms with Crippen LogP contribution in [-0.2, 0) is 32.8 Å². The molecule has 2 aromatic rings. The third-order valence-electron chi connectivity index (χ3n) is 6.50. The molecule has 33 heavy (non-hydrogen) atoms. The molecule has 178 valence electrons. The molecule has 1 atom stereocenters. The summed E-state index contributed by atoms with van der Waals surface area (Å²) in [5.41, 5.74) is 2.56. The molecule has 0 aliphatic carbocycles. The Bertz CT molecular complexity index is 1220. The van der Waals surface area contributed by atoms with Crippen LogP contribution in [0.4, 0.5) is 0 Å². The molecular weight excluding hydrogens is 460 g/mol. The van der Waals surface area contributed by atoms with E-state index in [1.54, 1.807) is 4.90 Å². The van der Waals surface area contributed by atoms with Crippen molar-refractivity contribution in [1.82, 2.24) is 9.21 Å². The van der Waals surface area contributed by atoms with Crippen molar-refractivity contribution in [3.63, 3.8) is 0 Å². The molecule has 2 heterocycles. The molecule has 0 spiro atoms. The second-order valence-corrected chi connectivity index (χ2v) is 13.0. The van der Waals surface area contributed by atoms with E-state index in [2.05, 4.69) is 0 Å². The van der Waals surface area contributed by atoms with Crippen molar-refractivity contribution in [3.05, 3.63) is 65.2 Å². The number of carbonyl (C=O) groups excluding carboxylic acids is 1. The lowest BCUT2D eigenvalue weighted by Gasteiger charge is -2.29. The molecule has 1 saturated heterocycles. The van der Waals surface area contributed by atoms with Gasteiger partial charge in [-0.2, -0.15) is 4.31 Å². The number of nitrogens with zero attached hydrogens (tertiary/aromatic N) is 2. The van der Waals surface area contributed by atoms with Crippen LogP contribution in [0.1, 0.15) is 47.7 Å². The highest BCUT2D eigenvalue weighted by Crippen LogP contribution is 2.26. The number of hydrogen-bond donors (Lipinski definition) is 0. The van der Waals surface area contributed by atoms with Crippen molar-refractivity contribution >= 4 is 25.8 Å². The monoisotopic (exact) mass is 490 g/mol. The van der Waals surface area contributed by atoms with Gasteiger partial charge >= 0.3 is 0 Å². The van der Waals surface area contributed by atoms with Gasteiger partial charge in [-0.25, -0.2) is 16.8 Å². The molecule has 2 aliphatic heterocycles. The lowest BCUT2D eigenvalue weighted by molar-refractivity contribution is 0.0694. The van der Waals surface area contributed by atoms with Crippen LogP contribution in [0.15, 0.2) is 53.4 Å². The fourth-order valence-corrected chi connectivity index (χ4v) is 7.71. The van der Waals surface area contributed by atoms with E-state index in [9.17, 15) is 21.6 Å². The van der Waals surface area contributed by atoms with Crippen molar-refractivity contribution in [1.29, 1.82) is 0 Å². The van der Waals surface area contributed by atoms with Crippen LogP contribution in [0.5, 0.6) is 0 Å². The van der Waals surface area contributed by atoms with Crippen LogP contribution in [0.3, 0.4) is 0 Å². The van der Waals surface area contributed by atoms with Gasteiger partial charge in [0.15, 0.2) is 9.84 Å². The lowest BCUT2D eigenvalue weighted by Crippen LogP contribution is -2.41. The maximum absolute atomic E-state index is 13.2. The fourth-order valence-electron chi connectivity index (χ4n) is 4.56. The number of amides is 1. The van der Waals surface area contributed by atoms with Crippen molar-refractivity contribution in [2.75, 3.05) is 24.6 Å². The summed E-state index contributed by atoms with van der Waals surface area (Å²) in [7, 11) is -6.80. The number of carbonyl (C=O) groups is 1. The van der Waals surface area contributed by atoms with E-state index >= 15 is 0 Å². The summed E-state index contributed by atoms with van der Waals surface area (Å²) in [6.07, 6.45) is 2.79. The summed E-state index contributed by atoms with van der Waals surface area (Å²) < 4.78 is 51.8. The molecule has 1 fully saturated rings. The Hall–Kier alpha value is -2.23. The van der Waals surface area contributed by atoms with Crippen LogP contribution in [0.25, 0.3) is 0 Å². The summed E-state index contributed by atoms with van der Waals surface area (Å²) in [5, 5.41) is 0. The average molecular weight is 491 g/mol. The highest BCUT2D eigenvalue weighted by atomic mass is 32.2. The SMILES string of the molecule is CCCCN(C(=O)c1ccc(S(=O)(=O)N2CCc3ccccc3C2)cc1)C1CCS(=O)(=O)C1. The summed E-state index contributed by atoms with van der Waals surface area (Å²) in [5.74, 6) is -0.156. The van der Waals surface area contributed by atoms with Crippen LogP contribution < -0.4 is 0 Å². The first-order valence-electron chi connectivity index (χ1n) is 11.4. The number of sulfonamides is 1. The molecule has 0 aromatic heterocycles. The zero-order chi connectivity index (χ0) is 23.6. The average Bonchev–Trinajstić information content (AvgIpc) is 3.18. The van der Waals surface area contributed by atoms with E-state index < -0.39 is 19.9 Å². The number of rotatable bonds is 7. The van der Waals surface area contributed by atoms with Gasteiger partial charge in [-0.1, -0.05) is 37.6 Å². The normalized spacial score (nSPS) is 20.3. The predicted octanol–water partition coefficient (Wildman–Crippen LogP) is 2.86. The highest BCUT2D eigenvalue weighted by molar-refractivity contribution is 7.91. The second-order valence-electron chi connectivity index (χ2n) is 8.79. The van der Waals surface area contributed by atoms with E-state index in [0.717, 1.165) is 18.4 Å². The Morgan fingerprint density at radius 2 is 1.79 bits per heavy atom. The number of fused-ring (bicyclic) bond motifs is 1. The van der Waals surface area contributed by atoms with Gasteiger partial charge in [-0.3, -0.25) is 4.79 Å². The van der Waals surface area contributed by atoms with E-state index in [1.165, 1.54) is 34.1 Å². The minimum Gasteiger partial charge on any atom is -0.335 e. The Morgan fingerprint density at radius 3 is 2.42 bits per heavy atom. The standard InChI is InChI=1S/C24H30N2O5S2/c1-2-3-14-26(22-13-16-32(28,29)18-22)24(27)20-8-10-23(11-9-20)33(30,31)25-15-12-19-6-4-5-7-21(19)17-25/h4-11,22H,2-3,12-18H2,1H3. The van der Waals surface area contributed by atoms with Crippen molar-refractivity contribution in [3.8, 4) is 0 Å². The Kier molecular flexibility index (Phi) is 6.93. The van der Waals surface area contributed by atoms with Crippen molar-refractivity contribution in [2.24, 2.45) is 0 Å². The molecule has 2 aromatic carbocycles. The molecule has 7 nitrogen and oxygen atoms in total. The van der Waals surface area contributed by atoms with E-state index in [-0.39, 0.29) is 28.4 Å². The van der Waals surface area contributed by atoms with Gasteiger partial charge in [0, 0.05) is 31.2 Å². The third kappa shape index (κ3) is 5.15. The molecule has 1 unspecified atom stereocenters. The van der Waals surface area contributed by atoms with E-state index in [0.29, 0.717) is 38.0 Å². The number of hydrogen-bond acceptors (Lipinski definition) is 5. The number of benzene rings is 2. The molecule has 2 aliphatic rings. The van der Waals surface area contributed by atoms with Gasteiger partial charge in [0.2, 0.25) is 10.0 Å². The topological polar surface area (TPSA) is 91.8 Å². The minimum atomic E-state index is -3.68. The van der Waals surface area contributed by atoms with Gasteiger partial charge in [-0.15, -0.1) is 0 Å². The zero-order valence-electron chi connectivity index (χ0n) is 18.8. The summed E-state index contributed by atoms with van der Waals surface area (Å²) >= 11 is 0. The number of unbranched alkanes of at least 4 members (excludes halogenated alkanes) is 1. The van der Waals surface area contributed by atoms with Crippen LogP contribution in [-0.4, -0.2) is 62.6 Å². The van der Waals surface area contributed by atoms with E-state index in [1.807, 2.05) is 31.2 Å². The Morgan fingerprint density at radius 1 is 1.09 bits per heavy atom. The predicted molar refractivity (Wildman–Crippen MR) is 127 cm³/mol. The Labute approximate surface area is 196 Å². The van der Waals surface area contributed by atoms with Gasteiger partial charge in [-0.05, 0) is 54.7 Å². The van der Waals surface area contributed by atoms with Crippen LogP contribution in [0.2, 0.25) is 0 Å². The molecule has 9 heteroatoms. The molecule has 0 N–H and O–H groups in total. The molecule has 1 amide bonds. The molecule has 0 bridgehead atoms. The van der Waals surface area contributed by atoms with Crippen molar-refractivity contribution < 1.29 is 21.6 Å². The smallest absolute Gasteiger partial charge is 0.254 e. The van der Waals surface area contributed by atoms with Crippen molar-refractivity contribution in [2.45, 2.75) is 50.1 Å². The van der Waals surface area contributed by atoms with Gasteiger partial charge in [0.25, 0.3) is 5.91 Å². The van der Waals surface area contributed by atoms with Gasteiger partial charge < -0.3 is 4.90 Å². The highest BCUT2D eigenvalue weighted by Gasteiger charge is 2.35. The third-order valence-corrected chi connectivity index (χ3v) is 10.1. The van der Waals surface area contributed by atoms with Gasteiger partial charge in [0.05, 0.1) is 16.4 Å². The van der Waals surface area contributed by atoms with Crippen LogP contribution in [0, 0.1) is 0 Å². The summed E-state index contributed by atoms with van der Waals surface area (Å²) in [6, 6.07) is 13.6. The quantitative estimate of drug-likeness (QED) is 0.595. The second kappa shape index (κ2) is 9.56. The first-order chi connectivity index (χ1) is 15.7. The first kappa shape index (κ1) is 23.9. The van der Waals surface area contributed by atoms with Crippen LogP contribution >= 0.6 is 0 Å². The first-order valence-corrected chi connectivity index (χ1v) is 14.7. The molecule has 4 rings (SSSR count). The molecular formula is C24H30N2O5S2. The van der Waals surface area contributed by atoms with Gasteiger partial charge in [0.1, 0.15) is 0 Å². The Balaban J connectivity index is 1.52. The number of sulfone groups is 1. The maximum atomic E-state index is 13.2. The fraction of sp³-hybridized carbons (Fsp3) is 0.458. The molecule has 0 saturated carbocycles. The summed E-state index contributed by atoms with van der Waals surface area (Å²) in [4.78, 5) is 15.0. The largest absolute Gasteiger partial charge is 0.335 e. The molecule has 0 radical (unpaired) electrons.